The van der Waals surface area contributed by atoms with Gasteiger partial charge in [0.1, 0.15) is 0 Å². The van der Waals surface area contributed by atoms with Crippen LogP contribution in [0, 0.1) is 0 Å². The first-order chi connectivity index (χ1) is 23.5. The first-order valence-electron chi connectivity index (χ1n) is 16.2. The smallest absolute Gasteiger partial charge is 0.294 e. The third-order valence-electron chi connectivity index (χ3n) is 8.47. The van der Waals surface area contributed by atoms with Crippen molar-refractivity contribution < 1.29 is 13.0 Å². The molecule has 0 aliphatic rings. The lowest BCUT2D eigenvalue weighted by molar-refractivity contribution is 0.482. The van der Waals surface area contributed by atoms with E-state index in [1.165, 1.54) is 6.07 Å². The molecule has 5 rings (SSSR count). The maximum absolute atomic E-state index is 12.6. The Bertz CT molecular complexity index is 1840. The Morgan fingerprint density at radius 1 is 0.571 bits per heavy atom. The third-order valence-corrected chi connectivity index (χ3v) is 10.6. The third kappa shape index (κ3) is 8.57. The fourth-order valence-electron chi connectivity index (χ4n) is 6.07. The van der Waals surface area contributed by atoms with Gasteiger partial charge in [0.05, 0.1) is 36.4 Å². The lowest BCUT2D eigenvalue weighted by atomic mass is 9.85. The highest BCUT2D eigenvalue weighted by molar-refractivity contribution is 7.85. The van der Waals surface area contributed by atoms with E-state index in [0.29, 0.717) is 38.7 Å². The summed E-state index contributed by atoms with van der Waals surface area (Å²) in [5.74, 6) is -0.526. The quantitative estimate of drug-likeness (QED) is 0.0903. The second kappa shape index (κ2) is 16.7. The highest BCUT2D eigenvalue weighted by Crippen LogP contribution is 2.42. The van der Waals surface area contributed by atoms with Crippen molar-refractivity contribution in [2.24, 2.45) is 0 Å². The Morgan fingerprint density at radius 3 is 1.33 bits per heavy atom. The molecule has 256 valence electrons. The molecule has 0 saturated carbocycles. The van der Waals surface area contributed by atoms with Gasteiger partial charge in [0.15, 0.2) is 0 Å². The Balaban J connectivity index is 1.61. The first-order valence-corrected chi connectivity index (χ1v) is 19.2. The predicted octanol–water partition coefficient (Wildman–Crippen LogP) is 12.6. The van der Waals surface area contributed by atoms with E-state index in [2.05, 4.69) is 23.6 Å². The molecular weight excluding hydrogens is 718 g/mol. The van der Waals surface area contributed by atoms with Gasteiger partial charge in [0.2, 0.25) is 0 Å². The summed E-state index contributed by atoms with van der Waals surface area (Å²) in [6, 6.07) is 33.4. The van der Waals surface area contributed by atoms with Crippen LogP contribution < -0.4 is 9.80 Å². The summed E-state index contributed by atoms with van der Waals surface area (Å²) >= 11 is 26.6. The zero-order valence-electron chi connectivity index (χ0n) is 27.3. The van der Waals surface area contributed by atoms with Crippen LogP contribution in [-0.2, 0) is 10.1 Å². The molecule has 0 saturated heterocycles. The zero-order chi connectivity index (χ0) is 35.1. The van der Waals surface area contributed by atoms with Gasteiger partial charge < -0.3 is 9.80 Å². The van der Waals surface area contributed by atoms with E-state index in [-0.39, 0.29) is 4.90 Å². The molecule has 0 fully saturated rings. The number of hydrogen-bond acceptors (Lipinski definition) is 4. The molecular formula is C39H38Cl4N2O3S. The van der Waals surface area contributed by atoms with Gasteiger partial charge in [-0.3, -0.25) is 4.55 Å². The molecule has 0 atom stereocenters. The summed E-state index contributed by atoms with van der Waals surface area (Å²) in [4.78, 5) is 4.07. The summed E-state index contributed by atoms with van der Waals surface area (Å²) in [6.07, 6.45) is 3.82. The Morgan fingerprint density at radius 2 is 0.959 bits per heavy atom. The minimum Gasteiger partial charge on any atom is -0.339 e. The second-order valence-electron chi connectivity index (χ2n) is 11.8. The van der Waals surface area contributed by atoms with Crippen LogP contribution in [0.25, 0.3) is 0 Å². The molecule has 0 aliphatic carbocycles. The molecule has 5 nitrogen and oxygen atoms in total. The fourth-order valence-corrected chi connectivity index (χ4v) is 8.00. The molecule has 1 N–H and O–H groups in total. The molecule has 0 radical (unpaired) electrons. The van der Waals surface area contributed by atoms with Crippen molar-refractivity contribution in [2.45, 2.75) is 50.3 Å². The first kappa shape index (κ1) is 37.0. The van der Waals surface area contributed by atoms with Crippen LogP contribution >= 0.6 is 46.4 Å². The predicted molar refractivity (Wildman–Crippen MR) is 207 cm³/mol. The Kier molecular flexibility index (Phi) is 12.6. The monoisotopic (exact) mass is 754 g/mol. The number of halogens is 4. The molecule has 0 aromatic heterocycles. The Hall–Kier alpha value is -3.23. The number of rotatable bonds is 14. The largest absolute Gasteiger partial charge is 0.339 e. The van der Waals surface area contributed by atoms with Crippen LogP contribution in [0.15, 0.2) is 114 Å². The van der Waals surface area contributed by atoms with E-state index in [1.54, 1.807) is 18.2 Å². The standard InChI is InChI=1S/C39H38Cl4N2O3S/c1-3-5-25-44(38-32(40)12-9-13-33(38)41)29-21-17-27(18-22-29)37(31-11-7-8-16-36(31)49(46,47)48)28-19-23-30(24-20-28)45(26-6-4-2)39-34(42)14-10-15-35(39)43/h7-24,37H,3-6,25-26H2,1-2H3,(H,46,47,48). The average molecular weight is 757 g/mol. The van der Waals surface area contributed by atoms with E-state index < -0.39 is 16.0 Å². The summed E-state index contributed by atoms with van der Waals surface area (Å²) in [6.45, 7) is 5.67. The van der Waals surface area contributed by atoms with E-state index in [0.717, 1.165) is 59.6 Å². The summed E-state index contributed by atoms with van der Waals surface area (Å²) < 4.78 is 35.6. The van der Waals surface area contributed by atoms with Crippen LogP contribution in [0.2, 0.25) is 20.1 Å². The topological polar surface area (TPSA) is 60.9 Å². The van der Waals surface area contributed by atoms with Gasteiger partial charge in [-0.05, 0) is 84.1 Å². The van der Waals surface area contributed by atoms with Gasteiger partial charge in [-0.2, -0.15) is 8.42 Å². The summed E-state index contributed by atoms with van der Waals surface area (Å²) in [5, 5.41) is 2.22. The van der Waals surface area contributed by atoms with Gasteiger partial charge in [-0.25, -0.2) is 0 Å². The lowest BCUT2D eigenvalue weighted by Gasteiger charge is -2.29. The minimum atomic E-state index is -4.52. The molecule has 0 heterocycles. The van der Waals surface area contributed by atoms with E-state index in [4.69, 9.17) is 46.4 Å². The summed E-state index contributed by atoms with van der Waals surface area (Å²) in [5.41, 5.74) is 5.40. The molecule has 5 aromatic rings. The van der Waals surface area contributed by atoms with E-state index in [1.807, 2.05) is 84.9 Å². The molecule has 49 heavy (non-hydrogen) atoms. The van der Waals surface area contributed by atoms with Gasteiger partial charge in [0.25, 0.3) is 10.1 Å². The van der Waals surface area contributed by atoms with Crippen LogP contribution in [0.1, 0.15) is 62.1 Å². The number of nitrogens with zero attached hydrogens (tertiary/aromatic N) is 2. The Labute approximate surface area is 309 Å². The fraction of sp³-hybridized carbons (Fsp3) is 0.231. The highest BCUT2D eigenvalue weighted by atomic mass is 35.5. The van der Waals surface area contributed by atoms with Crippen LogP contribution in [0.5, 0.6) is 0 Å². The normalized spacial score (nSPS) is 11.6. The molecule has 0 unspecified atom stereocenters. The number of anilines is 4. The lowest BCUT2D eigenvalue weighted by Crippen LogP contribution is -2.19. The van der Waals surface area contributed by atoms with Crippen molar-refractivity contribution in [1.29, 1.82) is 0 Å². The number of hydrogen-bond donors (Lipinski definition) is 1. The average Bonchev–Trinajstić information content (AvgIpc) is 3.08. The van der Waals surface area contributed by atoms with Crippen molar-refractivity contribution in [3.63, 3.8) is 0 Å². The van der Waals surface area contributed by atoms with Crippen molar-refractivity contribution in [3.8, 4) is 0 Å². The van der Waals surface area contributed by atoms with Crippen LogP contribution in [-0.4, -0.2) is 26.1 Å². The number of unbranched alkanes of at least 4 members (excludes halogenated alkanes) is 2. The molecule has 0 amide bonds. The van der Waals surface area contributed by atoms with E-state index in [9.17, 15) is 13.0 Å². The SMILES string of the molecule is CCCCN(c1ccc(C(c2ccc(N(CCCC)c3c(Cl)cccc3Cl)cc2)c2ccccc2S(=O)(=O)O)cc1)c1c(Cl)cccc1Cl. The van der Waals surface area contributed by atoms with Crippen molar-refractivity contribution >= 4 is 79.3 Å². The maximum Gasteiger partial charge on any atom is 0.294 e. The maximum atomic E-state index is 12.6. The van der Waals surface area contributed by atoms with Gasteiger partial charge in [-0.1, -0.05) is 128 Å². The van der Waals surface area contributed by atoms with Gasteiger partial charge in [-0.15, -0.1) is 0 Å². The van der Waals surface area contributed by atoms with Crippen LogP contribution in [0.3, 0.4) is 0 Å². The minimum absolute atomic E-state index is 0.145. The molecule has 0 bridgehead atoms. The molecule has 10 heteroatoms. The van der Waals surface area contributed by atoms with Gasteiger partial charge >= 0.3 is 0 Å². The van der Waals surface area contributed by atoms with E-state index >= 15 is 0 Å². The number of benzene rings is 5. The van der Waals surface area contributed by atoms with Crippen molar-refractivity contribution in [3.05, 3.63) is 146 Å². The number of para-hydroxylation sites is 2. The van der Waals surface area contributed by atoms with Gasteiger partial charge in [0, 0.05) is 30.4 Å². The molecule has 5 aromatic carbocycles. The van der Waals surface area contributed by atoms with Crippen LogP contribution in [0.4, 0.5) is 22.7 Å². The second-order valence-corrected chi connectivity index (χ2v) is 14.8. The van der Waals surface area contributed by atoms with Crippen molar-refractivity contribution in [2.75, 3.05) is 22.9 Å². The highest BCUT2D eigenvalue weighted by Gasteiger charge is 2.26. The molecule has 0 spiro atoms. The van der Waals surface area contributed by atoms with Crippen molar-refractivity contribution in [1.82, 2.24) is 0 Å². The summed E-state index contributed by atoms with van der Waals surface area (Å²) in [7, 11) is -4.52. The molecule has 0 aliphatic heterocycles. The zero-order valence-corrected chi connectivity index (χ0v) is 31.1.